The molecule has 0 radical (unpaired) electrons. The first-order valence-corrected chi connectivity index (χ1v) is 7.56. The SMILES string of the molecule is Cc1nsc(SCCS(=O)(=O)Cl)n1. The molecule has 0 aromatic carbocycles. The van der Waals surface area contributed by atoms with E-state index in [4.69, 9.17) is 10.7 Å². The summed E-state index contributed by atoms with van der Waals surface area (Å²) in [6, 6.07) is 0. The molecule has 1 rings (SSSR count). The molecule has 0 saturated carbocycles. The summed E-state index contributed by atoms with van der Waals surface area (Å²) in [5.41, 5.74) is 0. The lowest BCUT2D eigenvalue weighted by molar-refractivity contribution is 0.611. The molecule has 8 heteroatoms. The molecule has 0 fully saturated rings. The maximum Gasteiger partial charge on any atom is 0.233 e. The summed E-state index contributed by atoms with van der Waals surface area (Å²) in [6.45, 7) is 1.79. The summed E-state index contributed by atoms with van der Waals surface area (Å²) in [5, 5.41) is 0. The van der Waals surface area contributed by atoms with E-state index in [1.54, 1.807) is 6.92 Å². The van der Waals surface area contributed by atoms with Gasteiger partial charge in [0, 0.05) is 16.4 Å². The standard InChI is InChI=1S/C5H7ClN2O2S3/c1-4-7-5(12-8-4)11-2-3-13(6,9)10/h2-3H2,1H3. The molecule has 0 amide bonds. The average molecular weight is 259 g/mol. The number of aryl methyl sites for hydroxylation is 1. The summed E-state index contributed by atoms with van der Waals surface area (Å²) in [5.74, 6) is 1.08. The molecule has 1 aromatic heterocycles. The molecule has 0 aliphatic carbocycles. The average Bonchev–Trinajstić information content (AvgIpc) is 2.33. The molecule has 0 aliphatic heterocycles. The van der Waals surface area contributed by atoms with Crippen LogP contribution < -0.4 is 0 Å². The highest BCUT2D eigenvalue weighted by Gasteiger charge is 2.06. The maximum absolute atomic E-state index is 10.5. The molecule has 0 spiro atoms. The largest absolute Gasteiger partial charge is 0.233 e. The van der Waals surface area contributed by atoms with Gasteiger partial charge in [-0.25, -0.2) is 13.4 Å². The van der Waals surface area contributed by atoms with Crippen LogP contribution in [-0.4, -0.2) is 29.3 Å². The summed E-state index contributed by atoms with van der Waals surface area (Å²) >= 11 is 2.61. The van der Waals surface area contributed by atoms with E-state index in [1.807, 2.05) is 0 Å². The Hall–Kier alpha value is 0.150. The minimum absolute atomic E-state index is 0.0438. The molecule has 1 heterocycles. The highest BCUT2D eigenvalue weighted by Crippen LogP contribution is 2.20. The number of halogens is 1. The molecule has 4 nitrogen and oxygen atoms in total. The quantitative estimate of drug-likeness (QED) is 0.605. The predicted molar refractivity (Wildman–Crippen MR) is 55.0 cm³/mol. The molecule has 0 atom stereocenters. The van der Waals surface area contributed by atoms with E-state index in [0.717, 1.165) is 4.34 Å². The van der Waals surface area contributed by atoms with Gasteiger partial charge in [-0.2, -0.15) is 4.37 Å². The van der Waals surface area contributed by atoms with Crippen LogP contribution in [0.4, 0.5) is 0 Å². The van der Waals surface area contributed by atoms with E-state index >= 15 is 0 Å². The molecule has 0 saturated heterocycles. The van der Waals surface area contributed by atoms with E-state index in [9.17, 15) is 8.42 Å². The number of thioether (sulfide) groups is 1. The zero-order valence-corrected chi connectivity index (χ0v) is 9.93. The third-order valence-corrected chi connectivity index (χ3v) is 4.40. The summed E-state index contributed by atoms with van der Waals surface area (Å²) in [4.78, 5) is 4.06. The van der Waals surface area contributed by atoms with Crippen LogP contribution in [-0.2, 0) is 9.05 Å². The van der Waals surface area contributed by atoms with Crippen molar-refractivity contribution in [1.29, 1.82) is 0 Å². The molecule has 0 unspecified atom stereocenters. The number of hydrogen-bond donors (Lipinski definition) is 0. The first kappa shape index (κ1) is 11.2. The Kier molecular flexibility index (Phi) is 3.96. The zero-order valence-electron chi connectivity index (χ0n) is 6.73. The van der Waals surface area contributed by atoms with Crippen molar-refractivity contribution in [2.24, 2.45) is 0 Å². The second-order valence-corrected chi connectivity index (χ2v) is 7.19. The van der Waals surface area contributed by atoms with Crippen molar-refractivity contribution >= 4 is 43.0 Å². The Balaban J connectivity index is 2.36. The second-order valence-electron chi connectivity index (χ2n) is 2.20. The second kappa shape index (κ2) is 4.59. The van der Waals surface area contributed by atoms with Gasteiger partial charge in [0.05, 0.1) is 5.75 Å². The van der Waals surface area contributed by atoms with Crippen molar-refractivity contribution < 1.29 is 8.42 Å². The molecule has 1 aromatic rings. The number of aromatic nitrogens is 2. The van der Waals surface area contributed by atoms with E-state index in [-0.39, 0.29) is 5.75 Å². The number of rotatable bonds is 4. The first-order chi connectivity index (χ1) is 5.97. The van der Waals surface area contributed by atoms with Gasteiger partial charge in [0.25, 0.3) is 0 Å². The van der Waals surface area contributed by atoms with Gasteiger partial charge < -0.3 is 0 Å². The molecule has 0 aliphatic rings. The minimum atomic E-state index is -3.38. The first-order valence-electron chi connectivity index (χ1n) is 3.33. The van der Waals surface area contributed by atoms with E-state index in [2.05, 4.69) is 9.36 Å². The van der Waals surface area contributed by atoms with Crippen LogP contribution in [0.5, 0.6) is 0 Å². The van der Waals surface area contributed by atoms with Crippen LogP contribution >= 0.6 is 34.0 Å². The van der Waals surface area contributed by atoms with Crippen LogP contribution in [0.3, 0.4) is 0 Å². The fraction of sp³-hybridized carbons (Fsp3) is 0.600. The Morgan fingerprint density at radius 2 is 2.31 bits per heavy atom. The molecular weight excluding hydrogens is 252 g/mol. The monoisotopic (exact) mass is 258 g/mol. The number of hydrogen-bond acceptors (Lipinski definition) is 6. The molecule has 13 heavy (non-hydrogen) atoms. The van der Waals surface area contributed by atoms with Crippen molar-refractivity contribution in [2.75, 3.05) is 11.5 Å². The van der Waals surface area contributed by atoms with Crippen molar-refractivity contribution in [3.8, 4) is 0 Å². The minimum Gasteiger partial charge on any atom is -0.213 e. The Morgan fingerprint density at radius 3 is 2.77 bits per heavy atom. The normalized spacial score (nSPS) is 11.8. The molecule has 0 N–H and O–H groups in total. The van der Waals surface area contributed by atoms with Gasteiger partial charge in [-0.05, 0) is 18.5 Å². The highest BCUT2D eigenvalue weighted by atomic mass is 35.7. The Bertz CT molecular complexity index is 375. The van der Waals surface area contributed by atoms with Gasteiger partial charge in [0.2, 0.25) is 9.05 Å². The predicted octanol–water partition coefficient (Wildman–Crippen LogP) is 1.51. The molecular formula is C5H7ClN2O2S3. The van der Waals surface area contributed by atoms with Gasteiger partial charge >= 0.3 is 0 Å². The van der Waals surface area contributed by atoms with Crippen molar-refractivity contribution in [1.82, 2.24) is 9.36 Å². The van der Waals surface area contributed by atoms with E-state index in [0.29, 0.717) is 11.6 Å². The topological polar surface area (TPSA) is 59.9 Å². The van der Waals surface area contributed by atoms with Gasteiger partial charge in [-0.3, -0.25) is 0 Å². The molecule has 0 bridgehead atoms. The summed E-state index contributed by atoms with van der Waals surface area (Å²) in [6.07, 6.45) is 0. The van der Waals surface area contributed by atoms with Crippen LogP contribution in [0.25, 0.3) is 0 Å². The number of nitrogens with zero attached hydrogens (tertiary/aromatic N) is 2. The van der Waals surface area contributed by atoms with Crippen molar-refractivity contribution in [3.63, 3.8) is 0 Å². The Morgan fingerprint density at radius 1 is 1.62 bits per heavy atom. The van der Waals surface area contributed by atoms with E-state index < -0.39 is 9.05 Å². The lowest BCUT2D eigenvalue weighted by Crippen LogP contribution is -1.99. The van der Waals surface area contributed by atoms with Crippen molar-refractivity contribution in [3.05, 3.63) is 5.82 Å². The van der Waals surface area contributed by atoms with Crippen LogP contribution in [0, 0.1) is 6.92 Å². The third-order valence-electron chi connectivity index (χ3n) is 1.06. The van der Waals surface area contributed by atoms with Crippen molar-refractivity contribution in [2.45, 2.75) is 11.3 Å². The fourth-order valence-electron chi connectivity index (χ4n) is 0.565. The summed E-state index contributed by atoms with van der Waals surface area (Å²) < 4.78 is 25.8. The maximum atomic E-state index is 10.5. The van der Waals surface area contributed by atoms with Gasteiger partial charge in [0.1, 0.15) is 5.82 Å². The lowest BCUT2D eigenvalue weighted by Gasteiger charge is -1.92. The van der Waals surface area contributed by atoms with Gasteiger partial charge in [-0.1, -0.05) is 11.8 Å². The van der Waals surface area contributed by atoms with Gasteiger partial charge in [0.15, 0.2) is 4.34 Å². The Labute approximate surface area is 89.3 Å². The van der Waals surface area contributed by atoms with Crippen LogP contribution in [0.15, 0.2) is 4.34 Å². The third kappa shape index (κ3) is 4.80. The van der Waals surface area contributed by atoms with Gasteiger partial charge in [-0.15, -0.1) is 0 Å². The fourth-order valence-corrected chi connectivity index (χ4v) is 3.63. The molecule has 74 valence electrons. The van der Waals surface area contributed by atoms with Crippen LogP contribution in [0.2, 0.25) is 0 Å². The van der Waals surface area contributed by atoms with Crippen LogP contribution in [0.1, 0.15) is 5.82 Å². The zero-order chi connectivity index (χ0) is 9.90. The summed E-state index contributed by atoms with van der Waals surface area (Å²) in [7, 11) is 1.65. The smallest absolute Gasteiger partial charge is 0.213 e. The lowest BCUT2D eigenvalue weighted by atomic mass is 10.8. The highest BCUT2D eigenvalue weighted by molar-refractivity contribution is 8.14. The van der Waals surface area contributed by atoms with E-state index in [1.165, 1.54) is 23.3 Å².